The second-order valence-corrected chi connectivity index (χ2v) is 8.42. The summed E-state index contributed by atoms with van der Waals surface area (Å²) in [5.74, 6) is 1.52. The van der Waals surface area contributed by atoms with Crippen LogP contribution in [-0.2, 0) is 6.42 Å². The predicted molar refractivity (Wildman–Crippen MR) is 142 cm³/mol. The highest BCUT2D eigenvalue weighted by Gasteiger charge is 2.25. The van der Waals surface area contributed by atoms with Crippen LogP contribution in [0.25, 0.3) is 11.3 Å². The van der Waals surface area contributed by atoms with E-state index < -0.39 is 17.2 Å². The summed E-state index contributed by atoms with van der Waals surface area (Å²) >= 11 is 0. The number of aromatic hydroxyl groups is 1. The van der Waals surface area contributed by atoms with Crippen LogP contribution in [0.2, 0.25) is 0 Å². The summed E-state index contributed by atoms with van der Waals surface area (Å²) in [5, 5.41) is 11.0. The maximum absolute atomic E-state index is 13.2. The minimum absolute atomic E-state index is 0.00974. The molecule has 10 nitrogen and oxygen atoms in total. The molecule has 39 heavy (non-hydrogen) atoms. The van der Waals surface area contributed by atoms with Gasteiger partial charge in [-0.1, -0.05) is 6.07 Å². The Morgan fingerprint density at radius 1 is 0.718 bits per heavy atom. The van der Waals surface area contributed by atoms with E-state index in [2.05, 4.69) is 0 Å². The molecule has 4 aromatic rings. The van der Waals surface area contributed by atoms with Gasteiger partial charge in [-0.25, -0.2) is 9.59 Å². The van der Waals surface area contributed by atoms with Crippen LogP contribution in [0.1, 0.15) is 22.8 Å². The van der Waals surface area contributed by atoms with Crippen LogP contribution in [-0.4, -0.2) is 40.7 Å². The third kappa shape index (κ3) is 5.69. The Hall–Kier alpha value is -4.86. The summed E-state index contributed by atoms with van der Waals surface area (Å²) in [6.45, 7) is 0. The minimum Gasteiger partial charge on any atom is -0.507 e. The molecule has 0 aliphatic rings. The van der Waals surface area contributed by atoms with Crippen molar-refractivity contribution in [3.63, 3.8) is 0 Å². The quantitative estimate of drug-likeness (QED) is 0.312. The number of benzene rings is 2. The smallest absolute Gasteiger partial charge is 0.343 e. The SMILES string of the molecule is COc1cc(C(Cc2c(O)cc(-c3ccc(OC)c(OC)c3)oc2=O)c2ccc(OC)c(OC)c2)oc(=O)c1. The van der Waals surface area contributed by atoms with Gasteiger partial charge in [0.05, 0.1) is 47.2 Å². The first kappa shape index (κ1) is 27.2. The minimum atomic E-state index is -0.754. The Morgan fingerprint density at radius 3 is 1.97 bits per heavy atom. The molecule has 0 saturated heterocycles. The normalized spacial score (nSPS) is 11.5. The maximum Gasteiger partial charge on any atom is 0.343 e. The molecule has 10 heteroatoms. The lowest BCUT2D eigenvalue weighted by Gasteiger charge is -2.19. The molecule has 4 rings (SSSR count). The molecule has 0 saturated carbocycles. The first-order valence-corrected chi connectivity index (χ1v) is 11.8. The summed E-state index contributed by atoms with van der Waals surface area (Å²) in [6.07, 6.45) is -0.0635. The van der Waals surface area contributed by atoms with E-state index in [0.29, 0.717) is 34.1 Å². The van der Waals surface area contributed by atoms with E-state index in [1.54, 1.807) is 42.5 Å². The average Bonchev–Trinajstić information content (AvgIpc) is 2.95. The highest BCUT2D eigenvalue weighted by Crippen LogP contribution is 2.38. The molecule has 1 unspecified atom stereocenters. The molecule has 1 N–H and O–H groups in total. The molecule has 0 aliphatic carbocycles. The van der Waals surface area contributed by atoms with Gasteiger partial charge in [-0.15, -0.1) is 0 Å². The van der Waals surface area contributed by atoms with Gasteiger partial charge in [0.25, 0.3) is 0 Å². The Morgan fingerprint density at radius 2 is 1.36 bits per heavy atom. The van der Waals surface area contributed by atoms with E-state index in [1.165, 1.54) is 47.7 Å². The van der Waals surface area contributed by atoms with Gasteiger partial charge in [0.15, 0.2) is 23.0 Å². The molecule has 0 amide bonds. The first-order chi connectivity index (χ1) is 18.8. The number of hydrogen-bond donors (Lipinski definition) is 1. The van der Waals surface area contributed by atoms with Crippen molar-refractivity contribution in [3.8, 4) is 45.8 Å². The van der Waals surface area contributed by atoms with E-state index in [9.17, 15) is 14.7 Å². The van der Waals surface area contributed by atoms with Gasteiger partial charge in [0, 0.05) is 23.6 Å². The Labute approximate surface area is 223 Å². The molecule has 2 heterocycles. The Balaban J connectivity index is 1.81. The highest BCUT2D eigenvalue weighted by molar-refractivity contribution is 5.64. The molecule has 204 valence electrons. The van der Waals surface area contributed by atoms with Crippen LogP contribution < -0.4 is 34.9 Å². The van der Waals surface area contributed by atoms with Crippen molar-refractivity contribution in [2.24, 2.45) is 0 Å². The van der Waals surface area contributed by atoms with Gasteiger partial charge in [-0.05, 0) is 42.3 Å². The Kier molecular flexibility index (Phi) is 8.14. The number of rotatable bonds is 10. The van der Waals surface area contributed by atoms with Gasteiger partial charge in [-0.2, -0.15) is 0 Å². The third-order valence-corrected chi connectivity index (χ3v) is 6.25. The van der Waals surface area contributed by atoms with Crippen LogP contribution in [0, 0.1) is 0 Å². The molecular formula is C29H28O10. The van der Waals surface area contributed by atoms with Gasteiger partial charge in [0.1, 0.15) is 23.0 Å². The largest absolute Gasteiger partial charge is 0.507 e. The van der Waals surface area contributed by atoms with E-state index >= 15 is 0 Å². The lowest BCUT2D eigenvalue weighted by molar-refractivity contribution is 0.353. The molecule has 0 aliphatic heterocycles. The predicted octanol–water partition coefficient (Wildman–Crippen LogP) is 4.38. The van der Waals surface area contributed by atoms with Crippen molar-refractivity contribution in [1.82, 2.24) is 0 Å². The molecule has 0 spiro atoms. The van der Waals surface area contributed by atoms with E-state index in [-0.39, 0.29) is 35.0 Å². The van der Waals surface area contributed by atoms with Gasteiger partial charge in [-0.3, -0.25) is 0 Å². The van der Waals surface area contributed by atoms with Gasteiger partial charge in [0.2, 0.25) is 0 Å². The zero-order valence-electron chi connectivity index (χ0n) is 22.1. The van der Waals surface area contributed by atoms with Crippen LogP contribution >= 0.6 is 0 Å². The van der Waals surface area contributed by atoms with Crippen molar-refractivity contribution in [3.05, 3.63) is 92.3 Å². The topological polar surface area (TPSA) is 127 Å². The standard InChI is InChI=1S/C29H28O10/c1-33-18-12-25(38-28(31)13-18)19(16-6-8-22(34-2)26(10-16)36-4)14-20-21(30)15-24(39-29(20)32)17-7-9-23(35-3)27(11-17)37-5/h6-13,15,19,30H,14H2,1-5H3. The van der Waals surface area contributed by atoms with E-state index in [4.69, 9.17) is 32.5 Å². The Bertz CT molecular complexity index is 1580. The summed E-state index contributed by atoms with van der Waals surface area (Å²) < 4.78 is 37.7. The first-order valence-electron chi connectivity index (χ1n) is 11.8. The monoisotopic (exact) mass is 536 g/mol. The highest BCUT2D eigenvalue weighted by atomic mass is 16.5. The third-order valence-electron chi connectivity index (χ3n) is 6.25. The lowest BCUT2D eigenvalue weighted by atomic mass is 9.89. The van der Waals surface area contributed by atoms with E-state index in [1.807, 2.05) is 0 Å². The molecule has 0 radical (unpaired) electrons. The van der Waals surface area contributed by atoms with Crippen LogP contribution in [0.3, 0.4) is 0 Å². The van der Waals surface area contributed by atoms with Crippen LogP contribution in [0.4, 0.5) is 0 Å². The second kappa shape index (κ2) is 11.7. The van der Waals surface area contributed by atoms with Crippen LogP contribution in [0.5, 0.6) is 34.5 Å². The molecule has 0 fully saturated rings. The summed E-state index contributed by atoms with van der Waals surface area (Å²) in [5.41, 5.74) is -0.261. The fourth-order valence-corrected chi connectivity index (χ4v) is 4.25. The fourth-order valence-electron chi connectivity index (χ4n) is 4.25. The van der Waals surface area contributed by atoms with Crippen molar-refractivity contribution < 1.29 is 37.6 Å². The van der Waals surface area contributed by atoms with E-state index in [0.717, 1.165) is 0 Å². The maximum atomic E-state index is 13.2. The van der Waals surface area contributed by atoms with Crippen molar-refractivity contribution >= 4 is 0 Å². The zero-order valence-corrected chi connectivity index (χ0v) is 22.1. The zero-order chi connectivity index (χ0) is 28.1. The number of ether oxygens (including phenoxy) is 5. The van der Waals surface area contributed by atoms with Gasteiger partial charge >= 0.3 is 11.3 Å². The fraction of sp³-hybridized carbons (Fsp3) is 0.241. The van der Waals surface area contributed by atoms with Gasteiger partial charge < -0.3 is 37.6 Å². The molecular weight excluding hydrogens is 508 g/mol. The van der Waals surface area contributed by atoms with Crippen LogP contribution in [0.15, 0.2) is 73.0 Å². The lowest BCUT2D eigenvalue weighted by Crippen LogP contribution is -2.15. The molecule has 2 aromatic heterocycles. The van der Waals surface area contributed by atoms with Crippen molar-refractivity contribution in [1.29, 1.82) is 0 Å². The number of hydrogen-bond acceptors (Lipinski definition) is 10. The van der Waals surface area contributed by atoms with Crippen molar-refractivity contribution in [2.75, 3.05) is 35.5 Å². The molecule has 0 bridgehead atoms. The van der Waals surface area contributed by atoms with Crippen molar-refractivity contribution in [2.45, 2.75) is 12.3 Å². The number of methoxy groups -OCH3 is 5. The molecule has 1 atom stereocenters. The second-order valence-electron chi connectivity index (χ2n) is 8.42. The summed E-state index contributed by atoms with van der Waals surface area (Å²) in [7, 11) is 7.44. The summed E-state index contributed by atoms with van der Waals surface area (Å²) in [6, 6.07) is 14.2. The average molecular weight is 537 g/mol. The molecule has 2 aromatic carbocycles. The summed E-state index contributed by atoms with van der Waals surface area (Å²) in [4.78, 5) is 25.5.